The van der Waals surface area contributed by atoms with Gasteiger partial charge < -0.3 is 5.32 Å². The van der Waals surface area contributed by atoms with Crippen molar-refractivity contribution < 1.29 is 0 Å². The van der Waals surface area contributed by atoms with E-state index in [0.717, 1.165) is 18.7 Å². The quantitative estimate of drug-likeness (QED) is 0.719. The third kappa shape index (κ3) is 3.15. The van der Waals surface area contributed by atoms with Gasteiger partial charge in [0.1, 0.15) is 11.8 Å². The van der Waals surface area contributed by atoms with E-state index in [2.05, 4.69) is 23.3 Å². The molecular weight excluding hydrogens is 174 g/mol. The standard InChI is InChI=1S/C11H15N3/c1-2-3-6-13-9-10-5-4-7-14-11(10)8-12/h4-5,7,13H,2-3,6,9H2,1H3. The summed E-state index contributed by atoms with van der Waals surface area (Å²) in [6.45, 7) is 3.89. The zero-order valence-corrected chi connectivity index (χ0v) is 8.45. The molecule has 0 saturated heterocycles. The third-order valence-electron chi connectivity index (χ3n) is 2.02. The number of nitrogens with zero attached hydrogens (tertiary/aromatic N) is 2. The van der Waals surface area contributed by atoms with E-state index in [-0.39, 0.29) is 0 Å². The Balaban J connectivity index is 2.46. The van der Waals surface area contributed by atoms with Crippen LogP contribution in [0.25, 0.3) is 0 Å². The van der Waals surface area contributed by atoms with Gasteiger partial charge in [0.15, 0.2) is 0 Å². The maximum atomic E-state index is 8.78. The Labute approximate surface area is 84.8 Å². The lowest BCUT2D eigenvalue weighted by atomic mass is 10.2. The van der Waals surface area contributed by atoms with Crippen molar-refractivity contribution in [1.29, 1.82) is 5.26 Å². The molecule has 1 heterocycles. The molecule has 0 aliphatic carbocycles. The fraction of sp³-hybridized carbons (Fsp3) is 0.455. The van der Waals surface area contributed by atoms with Gasteiger partial charge in [0.25, 0.3) is 0 Å². The summed E-state index contributed by atoms with van der Waals surface area (Å²) in [6.07, 6.45) is 4.00. The van der Waals surface area contributed by atoms with Gasteiger partial charge in [-0.25, -0.2) is 4.98 Å². The summed E-state index contributed by atoms with van der Waals surface area (Å²) >= 11 is 0. The Morgan fingerprint density at radius 1 is 1.57 bits per heavy atom. The number of unbranched alkanes of at least 4 members (excludes halogenated alkanes) is 1. The van der Waals surface area contributed by atoms with Gasteiger partial charge in [0.2, 0.25) is 0 Å². The van der Waals surface area contributed by atoms with Crippen LogP contribution in [0.3, 0.4) is 0 Å². The molecule has 0 unspecified atom stereocenters. The van der Waals surface area contributed by atoms with Crippen molar-refractivity contribution in [2.45, 2.75) is 26.3 Å². The minimum absolute atomic E-state index is 0.525. The van der Waals surface area contributed by atoms with E-state index in [1.54, 1.807) is 6.20 Å². The first-order chi connectivity index (χ1) is 6.88. The summed E-state index contributed by atoms with van der Waals surface area (Å²) in [5.74, 6) is 0. The van der Waals surface area contributed by atoms with Crippen molar-refractivity contribution >= 4 is 0 Å². The van der Waals surface area contributed by atoms with Crippen LogP contribution in [0.5, 0.6) is 0 Å². The van der Waals surface area contributed by atoms with Gasteiger partial charge in [-0.15, -0.1) is 0 Å². The summed E-state index contributed by atoms with van der Waals surface area (Å²) in [4.78, 5) is 3.99. The second-order valence-corrected chi connectivity index (χ2v) is 3.15. The predicted molar refractivity (Wildman–Crippen MR) is 55.6 cm³/mol. The first kappa shape index (κ1) is 10.7. The van der Waals surface area contributed by atoms with Crippen LogP contribution in [0, 0.1) is 11.3 Å². The fourth-order valence-corrected chi connectivity index (χ4v) is 1.21. The van der Waals surface area contributed by atoms with E-state index >= 15 is 0 Å². The molecule has 0 saturated carbocycles. The number of pyridine rings is 1. The summed E-state index contributed by atoms with van der Waals surface area (Å²) in [5, 5.41) is 12.1. The molecule has 14 heavy (non-hydrogen) atoms. The van der Waals surface area contributed by atoms with Crippen LogP contribution >= 0.6 is 0 Å². The van der Waals surface area contributed by atoms with E-state index in [1.165, 1.54) is 12.8 Å². The third-order valence-corrected chi connectivity index (χ3v) is 2.02. The van der Waals surface area contributed by atoms with Crippen LogP contribution in [0.15, 0.2) is 18.3 Å². The lowest BCUT2D eigenvalue weighted by Gasteiger charge is -2.04. The van der Waals surface area contributed by atoms with Crippen LogP contribution in [-0.2, 0) is 6.54 Å². The molecule has 0 amide bonds. The molecule has 3 heteroatoms. The summed E-state index contributed by atoms with van der Waals surface area (Å²) < 4.78 is 0. The summed E-state index contributed by atoms with van der Waals surface area (Å²) in [7, 11) is 0. The van der Waals surface area contributed by atoms with Gasteiger partial charge >= 0.3 is 0 Å². The first-order valence-corrected chi connectivity index (χ1v) is 4.93. The highest BCUT2D eigenvalue weighted by atomic mass is 14.9. The molecular formula is C11H15N3. The number of nitriles is 1. The average molecular weight is 189 g/mol. The number of hydrogen-bond acceptors (Lipinski definition) is 3. The minimum atomic E-state index is 0.525. The highest BCUT2D eigenvalue weighted by Gasteiger charge is 2.00. The summed E-state index contributed by atoms with van der Waals surface area (Å²) in [6, 6.07) is 5.88. The van der Waals surface area contributed by atoms with Crippen molar-refractivity contribution in [3.8, 4) is 6.07 Å². The van der Waals surface area contributed by atoms with Crippen molar-refractivity contribution in [2.75, 3.05) is 6.54 Å². The van der Waals surface area contributed by atoms with Gasteiger partial charge in [-0.05, 0) is 19.0 Å². The second-order valence-electron chi connectivity index (χ2n) is 3.15. The number of aromatic nitrogens is 1. The Kier molecular flexibility index (Phi) is 4.66. The zero-order valence-electron chi connectivity index (χ0n) is 8.45. The van der Waals surface area contributed by atoms with E-state index in [1.807, 2.05) is 12.1 Å². The first-order valence-electron chi connectivity index (χ1n) is 4.93. The van der Waals surface area contributed by atoms with E-state index in [0.29, 0.717) is 5.69 Å². The molecule has 0 aromatic carbocycles. The molecule has 1 aromatic rings. The molecule has 1 rings (SSSR count). The highest BCUT2D eigenvalue weighted by molar-refractivity contribution is 5.30. The van der Waals surface area contributed by atoms with Crippen LogP contribution in [0.2, 0.25) is 0 Å². The number of hydrogen-bond donors (Lipinski definition) is 1. The monoisotopic (exact) mass is 189 g/mol. The molecule has 0 aliphatic rings. The van der Waals surface area contributed by atoms with Crippen LogP contribution in [0.1, 0.15) is 31.0 Å². The molecule has 0 fully saturated rings. The van der Waals surface area contributed by atoms with Gasteiger partial charge in [-0.1, -0.05) is 19.4 Å². The van der Waals surface area contributed by atoms with Crippen molar-refractivity contribution in [3.05, 3.63) is 29.6 Å². The van der Waals surface area contributed by atoms with Crippen LogP contribution in [-0.4, -0.2) is 11.5 Å². The molecule has 0 radical (unpaired) electrons. The SMILES string of the molecule is CCCCNCc1cccnc1C#N. The summed E-state index contributed by atoms with van der Waals surface area (Å²) in [5.41, 5.74) is 1.50. The molecule has 3 nitrogen and oxygen atoms in total. The normalized spacial score (nSPS) is 9.71. The lowest BCUT2D eigenvalue weighted by molar-refractivity contribution is 0.639. The Morgan fingerprint density at radius 2 is 2.43 bits per heavy atom. The average Bonchev–Trinajstić information content (AvgIpc) is 2.25. The predicted octanol–water partition coefficient (Wildman–Crippen LogP) is 1.84. The second kappa shape index (κ2) is 6.11. The molecule has 1 N–H and O–H groups in total. The van der Waals surface area contributed by atoms with E-state index in [9.17, 15) is 0 Å². The molecule has 0 aliphatic heterocycles. The Morgan fingerprint density at radius 3 is 3.14 bits per heavy atom. The molecule has 1 aromatic heterocycles. The molecule has 0 atom stereocenters. The number of rotatable bonds is 5. The topological polar surface area (TPSA) is 48.7 Å². The van der Waals surface area contributed by atoms with Crippen LogP contribution in [0.4, 0.5) is 0 Å². The number of nitrogens with one attached hydrogen (secondary N) is 1. The maximum absolute atomic E-state index is 8.78. The highest BCUT2D eigenvalue weighted by Crippen LogP contribution is 2.02. The van der Waals surface area contributed by atoms with Crippen molar-refractivity contribution in [1.82, 2.24) is 10.3 Å². The van der Waals surface area contributed by atoms with E-state index in [4.69, 9.17) is 5.26 Å². The van der Waals surface area contributed by atoms with Gasteiger partial charge in [-0.3, -0.25) is 0 Å². The van der Waals surface area contributed by atoms with Crippen molar-refractivity contribution in [3.63, 3.8) is 0 Å². The fourth-order valence-electron chi connectivity index (χ4n) is 1.21. The smallest absolute Gasteiger partial charge is 0.144 e. The van der Waals surface area contributed by atoms with Gasteiger partial charge in [0.05, 0.1) is 0 Å². The molecule has 0 bridgehead atoms. The Bertz CT molecular complexity index is 315. The largest absolute Gasteiger partial charge is 0.313 e. The Hall–Kier alpha value is -1.40. The van der Waals surface area contributed by atoms with E-state index < -0.39 is 0 Å². The van der Waals surface area contributed by atoms with Crippen LogP contribution < -0.4 is 5.32 Å². The lowest BCUT2D eigenvalue weighted by Crippen LogP contribution is -2.15. The molecule has 0 spiro atoms. The maximum Gasteiger partial charge on any atom is 0.144 e. The zero-order chi connectivity index (χ0) is 10.2. The minimum Gasteiger partial charge on any atom is -0.313 e. The van der Waals surface area contributed by atoms with Crippen molar-refractivity contribution in [2.24, 2.45) is 0 Å². The molecule has 74 valence electrons. The van der Waals surface area contributed by atoms with Gasteiger partial charge in [-0.2, -0.15) is 5.26 Å². The van der Waals surface area contributed by atoms with Gasteiger partial charge in [0, 0.05) is 18.3 Å².